The SMILES string of the molecule is CC(C)CCC(=O)Nc1ccccc1CCC(=O)O. The second-order valence-corrected chi connectivity index (χ2v) is 5.03. The summed E-state index contributed by atoms with van der Waals surface area (Å²) in [6, 6.07) is 7.34. The van der Waals surface area contributed by atoms with Crippen molar-refractivity contribution in [1.82, 2.24) is 0 Å². The molecule has 0 heterocycles. The normalized spacial score (nSPS) is 10.5. The molecule has 4 heteroatoms. The lowest BCUT2D eigenvalue weighted by atomic mass is 10.1. The van der Waals surface area contributed by atoms with Gasteiger partial charge in [0.25, 0.3) is 0 Å². The van der Waals surface area contributed by atoms with E-state index < -0.39 is 5.97 Å². The Labute approximate surface area is 113 Å². The molecule has 4 nitrogen and oxygen atoms in total. The van der Waals surface area contributed by atoms with Gasteiger partial charge in [0.2, 0.25) is 5.91 Å². The highest BCUT2D eigenvalue weighted by Crippen LogP contribution is 2.17. The standard InChI is InChI=1S/C15H21NO3/c1-11(2)7-9-14(17)16-13-6-4-3-5-12(13)8-10-15(18)19/h3-6,11H,7-10H2,1-2H3,(H,16,17)(H,18,19). The largest absolute Gasteiger partial charge is 0.481 e. The first kappa shape index (κ1) is 15.2. The minimum atomic E-state index is -0.832. The second-order valence-electron chi connectivity index (χ2n) is 5.03. The van der Waals surface area contributed by atoms with Crippen molar-refractivity contribution in [2.75, 3.05) is 5.32 Å². The topological polar surface area (TPSA) is 66.4 Å². The summed E-state index contributed by atoms with van der Waals surface area (Å²) in [6.45, 7) is 4.15. The fourth-order valence-corrected chi connectivity index (χ4v) is 1.73. The van der Waals surface area contributed by atoms with Crippen molar-refractivity contribution < 1.29 is 14.7 Å². The fraction of sp³-hybridized carbons (Fsp3) is 0.467. The molecule has 0 unspecified atom stereocenters. The maximum absolute atomic E-state index is 11.8. The van der Waals surface area contributed by atoms with Gasteiger partial charge in [-0.15, -0.1) is 0 Å². The molecular weight excluding hydrogens is 242 g/mol. The lowest BCUT2D eigenvalue weighted by Crippen LogP contribution is -2.13. The van der Waals surface area contributed by atoms with Gasteiger partial charge in [-0.1, -0.05) is 32.0 Å². The highest BCUT2D eigenvalue weighted by molar-refractivity contribution is 5.91. The fourth-order valence-electron chi connectivity index (χ4n) is 1.73. The first-order valence-electron chi connectivity index (χ1n) is 6.58. The third-order valence-corrected chi connectivity index (χ3v) is 2.85. The van der Waals surface area contributed by atoms with Gasteiger partial charge in [-0.3, -0.25) is 9.59 Å². The summed E-state index contributed by atoms with van der Waals surface area (Å²) < 4.78 is 0. The van der Waals surface area contributed by atoms with Crippen molar-refractivity contribution >= 4 is 17.6 Å². The van der Waals surface area contributed by atoms with Gasteiger partial charge in [0, 0.05) is 18.5 Å². The molecule has 2 N–H and O–H groups in total. The van der Waals surface area contributed by atoms with Crippen molar-refractivity contribution in [2.45, 2.75) is 39.5 Å². The van der Waals surface area contributed by atoms with Gasteiger partial charge in [0.15, 0.2) is 0 Å². The maximum atomic E-state index is 11.8. The van der Waals surface area contributed by atoms with E-state index in [2.05, 4.69) is 19.2 Å². The van der Waals surface area contributed by atoms with Gasteiger partial charge in [-0.05, 0) is 30.4 Å². The number of carboxylic acids is 1. The minimum absolute atomic E-state index is 0.0172. The number of carboxylic acid groups (broad SMARTS) is 1. The number of hydrogen-bond donors (Lipinski definition) is 2. The molecule has 0 aliphatic carbocycles. The number of carbonyl (C=O) groups is 2. The van der Waals surface area contributed by atoms with Crippen LogP contribution in [0, 0.1) is 5.92 Å². The van der Waals surface area contributed by atoms with Crippen LogP contribution < -0.4 is 5.32 Å². The van der Waals surface area contributed by atoms with E-state index in [1.807, 2.05) is 24.3 Å². The maximum Gasteiger partial charge on any atom is 0.303 e. The van der Waals surface area contributed by atoms with Crippen molar-refractivity contribution in [3.05, 3.63) is 29.8 Å². The Balaban J connectivity index is 2.61. The zero-order chi connectivity index (χ0) is 14.3. The van der Waals surface area contributed by atoms with Crippen molar-refractivity contribution in [1.29, 1.82) is 0 Å². The molecule has 0 aliphatic rings. The molecular formula is C15H21NO3. The molecule has 0 bridgehead atoms. The summed E-state index contributed by atoms with van der Waals surface area (Å²) in [5, 5.41) is 11.6. The average molecular weight is 263 g/mol. The molecule has 104 valence electrons. The predicted octanol–water partition coefficient (Wildman–Crippen LogP) is 3.08. The van der Waals surface area contributed by atoms with Gasteiger partial charge in [-0.2, -0.15) is 0 Å². The predicted molar refractivity (Wildman–Crippen MR) is 75.1 cm³/mol. The van der Waals surface area contributed by atoms with Crippen LogP contribution in [0.5, 0.6) is 0 Å². The number of para-hydroxylation sites is 1. The van der Waals surface area contributed by atoms with E-state index in [-0.39, 0.29) is 12.3 Å². The number of anilines is 1. The molecule has 0 atom stereocenters. The van der Waals surface area contributed by atoms with Crippen molar-refractivity contribution in [2.24, 2.45) is 5.92 Å². The summed E-state index contributed by atoms with van der Waals surface area (Å²) in [4.78, 5) is 22.4. The monoisotopic (exact) mass is 263 g/mol. The Bertz CT molecular complexity index is 441. The minimum Gasteiger partial charge on any atom is -0.481 e. The molecule has 1 amide bonds. The number of aliphatic carboxylic acids is 1. The number of benzene rings is 1. The van der Waals surface area contributed by atoms with Crippen LogP contribution in [0.2, 0.25) is 0 Å². The van der Waals surface area contributed by atoms with Crippen LogP contribution in [0.3, 0.4) is 0 Å². The molecule has 0 radical (unpaired) electrons. The van der Waals surface area contributed by atoms with Crippen LogP contribution in [0.4, 0.5) is 5.69 Å². The zero-order valence-corrected chi connectivity index (χ0v) is 11.5. The highest BCUT2D eigenvalue weighted by Gasteiger charge is 2.08. The zero-order valence-electron chi connectivity index (χ0n) is 11.5. The smallest absolute Gasteiger partial charge is 0.303 e. The van der Waals surface area contributed by atoms with Crippen LogP contribution >= 0.6 is 0 Å². The Morgan fingerprint density at radius 3 is 2.53 bits per heavy atom. The van der Waals surface area contributed by atoms with Gasteiger partial charge in [0.1, 0.15) is 0 Å². The third kappa shape index (κ3) is 6.04. The highest BCUT2D eigenvalue weighted by atomic mass is 16.4. The molecule has 0 saturated carbocycles. The molecule has 1 rings (SSSR count). The summed E-state index contributed by atoms with van der Waals surface area (Å²) >= 11 is 0. The number of aryl methyl sites for hydroxylation is 1. The lowest BCUT2D eigenvalue weighted by molar-refractivity contribution is -0.136. The molecule has 0 saturated heterocycles. The number of nitrogens with one attached hydrogen (secondary N) is 1. The van der Waals surface area contributed by atoms with Crippen LogP contribution in [-0.2, 0) is 16.0 Å². The Morgan fingerprint density at radius 1 is 1.21 bits per heavy atom. The molecule has 1 aromatic carbocycles. The summed E-state index contributed by atoms with van der Waals surface area (Å²) in [5.74, 6) is -0.356. The number of hydrogen-bond acceptors (Lipinski definition) is 2. The van der Waals surface area contributed by atoms with Crippen LogP contribution in [-0.4, -0.2) is 17.0 Å². The Hall–Kier alpha value is -1.84. The average Bonchev–Trinajstić information content (AvgIpc) is 2.35. The van der Waals surface area contributed by atoms with E-state index in [0.717, 1.165) is 17.7 Å². The van der Waals surface area contributed by atoms with E-state index in [9.17, 15) is 9.59 Å². The first-order valence-corrected chi connectivity index (χ1v) is 6.58. The van der Waals surface area contributed by atoms with Crippen LogP contribution in [0.25, 0.3) is 0 Å². The van der Waals surface area contributed by atoms with E-state index >= 15 is 0 Å². The van der Waals surface area contributed by atoms with Crippen LogP contribution in [0.1, 0.15) is 38.7 Å². The Kier molecular flexibility index (Phi) is 6.06. The quantitative estimate of drug-likeness (QED) is 0.794. The molecule has 0 fully saturated rings. The molecule has 0 aromatic heterocycles. The summed E-state index contributed by atoms with van der Waals surface area (Å²) in [6.07, 6.45) is 1.84. The molecule has 19 heavy (non-hydrogen) atoms. The van der Waals surface area contributed by atoms with Crippen molar-refractivity contribution in [3.63, 3.8) is 0 Å². The van der Waals surface area contributed by atoms with Crippen LogP contribution in [0.15, 0.2) is 24.3 Å². The molecule has 0 spiro atoms. The lowest BCUT2D eigenvalue weighted by Gasteiger charge is -2.11. The third-order valence-electron chi connectivity index (χ3n) is 2.85. The first-order chi connectivity index (χ1) is 8.99. The Morgan fingerprint density at radius 2 is 1.89 bits per heavy atom. The van der Waals surface area contributed by atoms with E-state index in [1.165, 1.54) is 0 Å². The number of amides is 1. The summed E-state index contributed by atoms with van der Waals surface area (Å²) in [7, 11) is 0. The van der Waals surface area contributed by atoms with Gasteiger partial charge < -0.3 is 10.4 Å². The van der Waals surface area contributed by atoms with Crippen molar-refractivity contribution in [3.8, 4) is 0 Å². The van der Waals surface area contributed by atoms with E-state index in [4.69, 9.17) is 5.11 Å². The second kappa shape index (κ2) is 7.56. The van der Waals surface area contributed by atoms with Gasteiger partial charge in [0.05, 0.1) is 0 Å². The number of carbonyl (C=O) groups excluding carboxylic acids is 1. The molecule has 0 aliphatic heterocycles. The van der Waals surface area contributed by atoms with Gasteiger partial charge in [-0.25, -0.2) is 0 Å². The molecule has 1 aromatic rings. The van der Waals surface area contributed by atoms with E-state index in [1.54, 1.807) is 0 Å². The summed E-state index contributed by atoms with van der Waals surface area (Å²) in [5.41, 5.74) is 1.58. The number of rotatable bonds is 7. The van der Waals surface area contributed by atoms with Gasteiger partial charge >= 0.3 is 5.97 Å². The van der Waals surface area contributed by atoms with E-state index in [0.29, 0.717) is 18.8 Å².